The van der Waals surface area contributed by atoms with Crippen LogP contribution in [0.3, 0.4) is 0 Å². The number of anilines is 1. The Morgan fingerprint density at radius 1 is 1.30 bits per heavy atom. The van der Waals surface area contributed by atoms with Gasteiger partial charge in [-0.05, 0) is 18.8 Å². The van der Waals surface area contributed by atoms with Crippen molar-refractivity contribution in [2.45, 2.75) is 25.7 Å². The van der Waals surface area contributed by atoms with E-state index in [2.05, 4.69) is 5.32 Å². The molecule has 0 spiro atoms. The summed E-state index contributed by atoms with van der Waals surface area (Å²) >= 11 is 0. The molecular weight excluding hydrogens is 260 g/mol. The van der Waals surface area contributed by atoms with Crippen LogP contribution in [0.2, 0.25) is 0 Å². The molecule has 1 N–H and O–H groups in total. The van der Waals surface area contributed by atoms with Crippen molar-refractivity contribution in [1.29, 1.82) is 0 Å². The first-order valence-electron chi connectivity index (χ1n) is 6.80. The quantitative estimate of drug-likeness (QED) is 0.449. The van der Waals surface area contributed by atoms with Crippen LogP contribution in [-0.2, 0) is 0 Å². The van der Waals surface area contributed by atoms with Crippen molar-refractivity contribution in [3.8, 4) is 11.5 Å². The Bertz CT molecular complexity index is 486. The number of ether oxygens (including phenoxy) is 2. The topological polar surface area (TPSA) is 73.6 Å². The minimum atomic E-state index is -0.412. The minimum Gasteiger partial charge on any atom is -0.493 e. The van der Waals surface area contributed by atoms with Crippen LogP contribution in [-0.4, -0.2) is 25.7 Å². The highest BCUT2D eigenvalue weighted by Gasteiger charge is 2.21. The van der Waals surface area contributed by atoms with E-state index in [0.717, 1.165) is 18.9 Å². The predicted octanol–water partition coefficient (Wildman–Crippen LogP) is 3.21. The van der Waals surface area contributed by atoms with Crippen LogP contribution in [0.1, 0.15) is 25.7 Å². The summed E-state index contributed by atoms with van der Waals surface area (Å²) in [7, 11) is 2.98. The lowest BCUT2D eigenvalue weighted by atomic mass is 10.2. The first-order chi connectivity index (χ1) is 9.65. The third kappa shape index (κ3) is 3.53. The molecule has 0 aromatic heterocycles. The van der Waals surface area contributed by atoms with E-state index < -0.39 is 4.92 Å². The maximum atomic E-state index is 11.1. The van der Waals surface area contributed by atoms with Gasteiger partial charge in [-0.15, -0.1) is 0 Å². The summed E-state index contributed by atoms with van der Waals surface area (Å²) in [5.41, 5.74) is 0.484. The molecule has 110 valence electrons. The van der Waals surface area contributed by atoms with Gasteiger partial charge >= 0.3 is 0 Å². The van der Waals surface area contributed by atoms with Crippen molar-refractivity contribution in [2.24, 2.45) is 5.92 Å². The van der Waals surface area contributed by atoms with Crippen molar-refractivity contribution in [3.05, 3.63) is 22.2 Å². The van der Waals surface area contributed by atoms with Gasteiger partial charge in [0, 0.05) is 12.6 Å². The van der Waals surface area contributed by atoms with Gasteiger partial charge in [0.05, 0.1) is 25.2 Å². The number of benzene rings is 1. The molecule has 6 heteroatoms. The average molecular weight is 280 g/mol. The second-order valence-electron chi connectivity index (χ2n) is 4.99. The molecule has 0 atom stereocenters. The van der Waals surface area contributed by atoms with Gasteiger partial charge in [-0.3, -0.25) is 10.1 Å². The van der Waals surface area contributed by atoms with Crippen molar-refractivity contribution in [3.63, 3.8) is 0 Å². The molecule has 2 rings (SSSR count). The Morgan fingerprint density at radius 2 is 1.95 bits per heavy atom. The summed E-state index contributed by atoms with van der Waals surface area (Å²) in [5.74, 6) is 1.72. The summed E-state index contributed by atoms with van der Waals surface area (Å²) in [6, 6.07) is 3.01. The average Bonchev–Trinajstić information content (AvgIpc) is 3.26. The summed E-state index contributed by atoms with van der Waals surface area (Å²) in [6.45, 7) is 0.729. The summed E-state index contributed by atoms with van der Waals surface area (Å²) in [5, 5.41) is 14.2. The molecule has 1 aliphatic carbocycles. The third-order valence-corrected chi connectivity index (χ3v) is 3.50. The normalized spacial score (nSPS) is 13.9. The van der Waals surface area contributed by atoms with Gasteiger partial charge in [0.25, 0.3) is 5.69 Å². The number of methoxy groups -OCH3 is 2. The molecule has 0 bridgehead atoms. The summed E-state index contributed by atoms with van der Waals surface area (Å²) in [6.07, 6.45) is 4.87. The van der Waals surface area contributed by atoms with Crippen molar-refractivity contribution in [2.75, 3.05) is 26.1 Å². The Balaban J connectivity index is 2.08. The molecule has 1 aromatic carbocycles. The maximum Gasteiger partial charge on any atom is 0.296 e. The Morgan fingerprint density at radius 3 is 2.50 bits per heavy atom. The number of rotatable bonds is 8. The van der Waals surface area contributed by atoms with E-state index >= 15 is 0 Å². The standard InChI is InChI=1S/C14H20N2O4/c1-19-13-8-11(15-7-3-4-10-5-6-10)12(16(17)18)9-14(13)20-2/h8-10,15H,3-7H2,1-2H3. The second-order valence-corrected chi connectivity index (χ2v) is 4.99. The van der Waals surface area contributed by atoms with Gasteiger partial charge in [-0.25, -0.2) is 0 Å². The zero-order valence-corrected chi connectivity index (χ0v) is 11.8. The molecule has 0 aliphatic heterocycles. The lowest BCUT2D eigenvalue weighted by molar-refractivity contribution is -0.384. The van der Waals surface area contributed by atoms with E-state index in [1.807, 2.05) is 0 Å². The third-order valence-electron chi connectivity index (χ3n) is 3.50. The Kier molecular flexibility index (Phi) is 4.65. The Hall–Kier alpha value is -1.98. The first kappa shape index (κ1) is 14.4. The highest BCUT2D eigenvalue weighted by atomic mass is 16.6. The number of nitro groups is 1. The molecule has 1 saturated carbocycles. The lowest BCUT2D eigenvalue weighted by Crippen LogP contribution is -2.05. The SMILES string of the molecule is COc1cc(NCCCC2CC2)c([N+](=O)[O-])cc1OC. The van der Waals surface area contributed by atoms with Crippen LogP contribution in [0.15, 0.2) is 12.1 Å². The predicted molar refractivity (Wildman–Crippen MR) is 76.6 cm³/mol. The number of nitrogens with zero attached hydrogens (tertiary/aromatic N) is 1. The molecule has 1 aromatic rings. The van der Waals surface area contributed by atoms with E-state index in [9.17, 15) is 10.1 Å². The molecule has 0 saturated heterocycles. The van der Waals surface area contributed by atoms with E-state index in [1.165, 1.54) is 39.5 Å². The van der Waals surface area contributed by atoms with Crippen molar-refractivity contribution in [1.82, 2.24) is 0 Å². The van der Waals surface area contributed by atoms with Gasteiger partial charge < -0.3 is 14.8 Å². The fourth-order valence-corrected chi connectivity index (χ4v) is 2.18. The number of hydrogen-bond donors (Lipinski definition) is 1. The fourth-order valence-electron chi connectivity index (χ4n) is 2.18. The van der Waals surface area contributed by atoms with Crippen LogP contribution in [0.4, 0.5) is 11.4 Å². The van der Waals surface area contributed by atoms with Gasteiger partial charge in [0.15, 0.2) is 11.5 Å². The number of nitro benzene ring substituents is 1. The molecular formula is C14H20N2O4. The van der Waals surface area contributed by atoms with Crippen molar-refractivity contribution < 1.29 is 14.4 Å². The van der Waals surface area contributed by atoms with Crippen molar-refractivity contribution >= 4 is 11.4 Å². The molecule has 20 heavy (non-hydrogen) atoms. The van der Waals surface area contributed by atoms with Crippen LogP contribution < -0.4 is 14.8 Å². The molecule has 0 amide bonds. The van der Waals surface area contributed by atoms with Gasteiger partial charge in [-0.2, -0.15) is 0 Å². The first-order valence-corrected chi connectivity index (χ1v) is 6.80. The van der Waals surface area contributed by atoms with Gasteiger partial charge in [0.2, 0.25) is 0 Å². The second kappa shape index (κ2) is 6.45. The Labute approximate surface area is 118 Å². The van der Waals surface area contributed by atoms with E-state index in [0.29, 0.717) is 17.2 Å². The van der Waals surface area contributed by atoms with E-state index in [1.54, 1.807) is 6.07 Å². The lowest BCUT2D eigenvalue weighted by Gasteiger charge is -2.12. The number of hydrogen-bond acceptors (Lipinski definition) is 5. The van der Waals surface area contributed by atoms with Crippen LogP contribution in [0.5, 0.6) is 11.5 Å². The molecule has 0 heterocycles. The molecule has 6 nitrogen and oxygen atoms in total. The van der Waals surface area contributed by atoms with Crippen LogP contribution in [0.25, 0.3) is 0 Å². The highest BCUT2D eigenvalue weighted by Crippen LogP contribution is 2.38. The molecule has 0 unspecified atom stereocenters. The smallest absolute Gasteiger partial charge is 0.296 e. The fraction of sp³-hybridized carbons (Fsp3) is 0.571. The van der Waals surface area contributed by atoms with Gasteiger partial charge in [0.1, 0.15) is 5.69 Å². The monoisotopic (exact) mass is 280 g/mol. The highest BCUT2D eigenvalue weighted by molar-refractivity contribution is 5.68. The van der Waals surface area contributed by atoms with E-state index in [-0.39, 0.29) is 5.69 Å². The molecule has 1 fully saturated rings. The molecule has 0 radical (unpaired) electrons. The maximum absolute atomic E-state index is 11.1. The van der Waals surface area contributed by atoms with Crippen LogP contribution in [0, 0.1) is 16.0 Å². The number of nitrogens with one attached hydrogen (secondary N) is 1. The minimum absolute atomic E-state index is 0.00840. The zero-order valence-electron chi connectivity index (χ0n) is 11.8. The van der Waals surface area contributed by atoms with E-state index in [4.69, 9.17) is 9.47 Å². The summed E-state index contributed by atoms with van der Waals surface area (Å²) < 4.78 is 10.3. The van der Waals surface area contributed by atoms with Gasteiger partial charge in [-0.1, -0.05) is 12.8 Å². The molecule has 1 aliphatic rings. The zero-order chi connectivity index (χ0) is 14.5. The van der Waals surface area contributed by atoms with Crippen LogP contribution >= 0.6 is 0 Å². The summed E-state index contributed by atoms with van der Waals surface area (Å²) in [4.78, 5) is 10.7. The largest absolute Gasteiger partial charge is 0.493 e.